The summed E-state index contributed by atoms with van der Waals surface area (Å²) in [5, 5.41) is 21.5. The zero-order valence-electron chi connectivity index (χ0n) is 11.1. The molecule has 0 bridgehead atoms. The van der Waals surface area contributed by atoms with E-state index >= 15 is 0 Å². The molecule has 0 saturated carbocycles. The van der Waals surface area contributed by atoms with Crippen LogP contribution < -0.4 is 5.32 Å². The van der Waals surface area contributed by atoms with Gasteiger partial charge in [-0.05, 0) is 24.5 Å². The largest absolute Gasteiger partial charge is 0.394 e. The van der Waals surface area contributed by atoms with Crippen molar-refractivity contribution in [3.63, 3.8) is 0 Å². The van der Waals surface area contributed by atoms with Crippen molar-refractivity contribution in [1.82, 2.24) is 5.32 Å². The van der Waals surface area contributed by atoms with Crippen molar-refractivity contribution in [1.29, 1.82) is 0 Å². The Morgan fingerprint density at radius 3 is 2.12 bits per heavy atom. The van der Waals surface area contributed by atoms with E-state index in [-0.39, 0.29) is 18.6 Å². The number of hydrogen-bond acceptors (Lipinski definition) is 4. The SMILES string of the molecule is CC(CO)(CO)NCc1ccc(C(C)(C)C)s1. The van der Waals surface area contributed by atoms with Crippen LogP contribution in [0.5, 0.6) is 0 Å². The van der Waals surface area contributed by atoms with Crippen LogP contribution in [0.4, 0.5) is 0 Å². The summed E-state index contributed by atoms with van der Waals surface area (Å²) in [7, 11) is 0. The van der Waals surface area contributed by atoms with Crippen molar-refractivity contribution in [2.24, 2.45) is 0 Å². The van der Waals surface area contributed by atoms with Gasteiger partial charge < -0.3 is 15.5 Å². The molecule has 1 rings (SSSR count). The normalized spacial score (nSPS) is 13.1. The van der Waals surface area contributed by atoms with E-state index in [1.807, 2.05) is 6.92 Å². The van der Waals surface area contributed by atoms with Crippen LogP contribution in [0, 0.1) is 0 Å². The highest BCUT2D eigenvalue weighted by Gasteiger charge is 2.22. The summed E-state index contributed by atoms with van der Waals surface area (Å²) < 4.78 is 0. The second-order valence-electron chi connectivity index (χ2n) is 5.75. The molecule has 3 nitrogen and oxygen atoms in total. The quantitative estimate of drug-likeness (QED) is 0.755. The van der Waals surface area contributed by atoms with Gasteiger partial charge in [-0.3, -0.25) is 0 Å². The molecule has 0 saturated heterocycles. The van der Waals surface area contributed by atoms with Crippen molar-refractivity contribution < 1.29 is 10.2 Å². The van der Waals surface area contributed by atoms with Gasteiger partial charge in [0, 0.05) is 16.3 Å². The van der Waals surface area contributed by atoms with Crippen molar-refractivity contribution in [2.45, 2.75) is 45.2 Å². The van der Waals surface area contributed by atoms with Gasteiger partial charge in [0.1, 0.15) is 0 Å². The Kier molecular flexibility index (Phi) is 4.72. The van der Waals surface area contributed by atoms with Crippen LogP contribution in [-0.2, 0) is 12.0 Å². The fourth-order valence-electron chi connectivity index (χ4n) is 1.34. The topological polar surface area (TPSA) is 52.5 Å². The van der Waals surface area contributed by atoms with Gasteiger partial charge in [-0.1, -0.05) is 20.8 Å². The Labute approximate surface area is 107 Å². The van der Waals surface area contributed by atoms with Crippen molar-refractivity contribution in [3.05, 3.63) is 21.9 Å². The lowest BCUT2D eigenvalue weighted by Gasteiger charge is -2.26. The number of aliphatic hydroxyl groups excluding tert-OH is 2. The molecule has 1 aromatic rings. The minimum atomic E-state index is -0.605. The third kappa shape index (κ3) is 4.07. The van der Waals surface area contributed by atoms with Crippen LogP contribution in [0.25, 0.3) is 0 Å². The molecular weight excluding hydrogens is 234 g/mol. The molecule has 1 aromatic heterocycles. The number of nitrogens with one attached hydrogen (secondary N) is 1. The smallest absolute Gasteiger partial charge is 0.0633 e. The molecule has 0 fully saturated rings. The first-order valence-electron chi connectivity index (χ1n) is 5.87. The van der Waals surface area contributed by atoms with Gasteiger partial charge in [-0.2, -0.15) is 0 Å². The fourth-order valence-corrected chi connectivity index (χ4v) is 2.34. The molecule has 0 aromatic carbocycles. The first-order chi connectivity index (χ1) is 7.80. The molecule has 0 aliphatic heterocycles. The standard InChI is InChI=1S/C13H23NO2S/c1-12(2,3)11-6-5-10(17-11)7-14-13(4,8-15)9-16/h5-6,14-16H,7-9H2,1-4H3. The first kappa shape index (κ1) is 14.6. The van der Waals surface area contributed by atoms with Crippen LogP contribution in [0.15, 0.2) is 12.1 Å². The first-order valence-corrected chi connectivity index (χ1v) is 6.68. The number of hydrogen-bond donors (Lipinski definition) is 3. The van der Waals surface area contributed by atoms with Gasteiger partial charge >= 0.3 is 0 Å². The van der Waals surface area contributed by atoms with E-state index in [1.54, 1.807) is 11.3 Å². The molecule has 0 aliphatic rings. The third-order valence-electron chi connectivity index (χ3n) is 2.79. The summed E-state index contributed by atoms with van der Waals surface area (Å²) in [4.78, 5) is 2.58. The van der Waals surface area contributed by atoms with Crippen molar-refractivity contribution >= 4 is 11.3 Å². The maximum absolute atomic E-state index is 9.18. The number of thiophene rings is 1. The second kappa shape index (κ2) is 5.48. The summed E-state index contributed by atoms with van der Waals surface area (Å²) in [6.45, 7) is 8.94. The van der Waals surface area contributed by atoms with E-state index < -0.39 is 5.54 Å². The van der Waals surface area contributed by atoms with E-state index in [4.69, 9.17) is 0 Å². The molecule has 17 heavy (non-hydrogen) atoms. The molecule has 0 radical (unpaired) electrons. The van der Waals surface area contributed by atoms with Crippen LogP contribution in [-0.4, -0.2) is 29.0 Å². The van der Waals surface area contributed by atoms with E-state index in [9.17, 15) is 10.2 Å². The predicted molar refractivity (Wildman–Crippen MR) is 72.4 cm³/mol. The maximum atomic E-state index is 9.18. The van der Waals surface area contributed by atoms with Gasteiger partial charge in [-0.25, -0.2) is 0 Å². The average Bonchev–Trinajstić information content (AvgIpc) is 2.74. The molecule has 0 unspecified atom stereocenters. The maximum Gasteiger partial charge on any atom is 0.0633 e. The van der Waals surface area contributed by atoms with Crippen LogP contribution in [0.1, 0.15) is 37.4 Å². The lowest BCUT2D eigenvalue weighted by Crippen LogP contribution is -2.48. The second-order valence-corrected chi connectivity index (χ2v) is 6.91. The summed E-state index contributed by atoms with van der Waals surface area (Å²) in [6, 6.07) is 4.25. The highest BCUT2D eigenvalue weighted by molar-refractivity contribution is 7.12. The lowest BCUT2D eigenvalue weighted by molar-refractivity contribution is 0.103. The van der Waals surface area contributed by atoms with Gasteiger partial charge in [0.15, 0.2) is 0 Å². The summed E-state index contributed by atoms with van der Waals surface area (Å²) >= 11 is 1.78. The Bertz CT molecular complexity index is 351. The van der Waals surface area contributed by atoms with Gasteiger partial charge in [0.05, 0.1) is 18.8 Å². The Morgan fingerprint density at radius 1 is 1.12 bits per heavy atom. The summed E-state index contributed by atoms with van der Waals surface area (Å²) in [6.07, 6.45) is 0. The van der Waals surface area contributed by atoms with Gasteiger partial charge in [-0.15, -0.1) is 11.3 Å². The highest BCUT2D eigenvalue weighted by Crippen LogP contribution is 2.29. The van der Waals surface area contributed by atoms with Crippen LogP contribution in [0.3, 0.4) is 0 Å². The summed E-state index contributed by atoms with van der Waals surface area (Å²) in [5.41, 5.74) is -0.425. The molecule has 4 heteroatoms. The van der Waals surface area contributed by atoms with Gasteiger partial charge in [0.2, 0.25) is 0 Å². The van der Waals surface area contributed by atoms with E-state index in [0.717, 1.165) is 0 Å². The van der Waals surface area contributed by atoms with E-state index in [1.165, 1.54) is 9.75 Å². The zero-order valence-corrected chi connectivity index (χ0v) is 11.9. The van der Waals surface area contributed by atoms with Gasteiger partial charge in [0.25, 0.3) is 0 Å². The van der Waals surface area contributed by atoms with Crippen LogP contribution in [0.2, 0.25) is 0 Å². The van der Waals surface area contributed by atoms with Crippen molar-refractivity contribution in [2.75, 3.05) is 13.2 Å². The third-order valence-corrected chi connectivity index (χ3v) is 4.30. The number of rotatable bonds is 5. The Balaban J connectivity index is 2.62. The van der Waals surface area contributed by atoms with E-state index in [0.29, 0.717) is 6.54 Å². The molecule has 0 amide bonds. The number of aliphatic hydroxyl groups is 2. The highest BCUT2D eigenvalue weighted by atomic mass is 32.1. The summed E-state index contributed by atoms with van der Waals surface area (Å²) in [5.74, 6) is 0. The average molecular weight is 257 g/mol. The molecular formula is C13H23NO2S. The Hall–Kier alpha value is -0.420. The molecule has 0 atom stereocenters. The minimum Gasteiger partial charge on any atom is -0.394 e. The molecule has 1 heterocycles. The zero-order chi connectivity index (χ0) is 13.1. The monoisotopic (exact) mass is 257 g/mol. The molecule has 3 N–H and O–H groups in total. The molecule has 0 spiro atoms. The van der Waals surface area contributed by atoms with E-state index in [2.05, 4.69) is 38.2 Å². The lowest BCUT2D eigenvalue weighted by atomic mass is 9.95. The minimum absolute atomic E-state index is 0.0684. The Morgan fingerprint density at radius 2 is 1.71 bits per heavy atom. The fraction of sp³-hybridized carbons (Fsp3) is 0.692. The molecule has 98 valence electrons. The predicted octanol–water partition coefficient (Wildman–Crippen LogP) is 1.88. The van der Waals surface area contributed by atoms with Crippen LogP contribution >= 0.6 is 11.3 Å². The van der Waals surface area contributed by atoms with Crippen molar-refractivity contribution in [3.8, 4) is 0 Å². The molecule has 0 aliphatic carbocycles.